The van der Waals surface area contributed by atoms with E-state index in [4.69, 9.17) is 0 Å². The first-order valence-electron chi connectivity index (χ1n) is 6.44. The molecule has 1 aliphatic rings. The second-order valence-electron chi connectivity index (χ2n) is 4.70. The van der Waals surface area contributed by atoms with Crippen molar-refractivity contribution in [2.75, 3.05) is 18.4 Å². The van der Waals surface area contributed by atoms with E-state index in [1.807, 2.05) is 16.8 Å². The zero-order valence-corrected chi connectivity index (χ0v) is 15.1. The Balaban J connectivity index is 0.00000161. The van der Waals surface area contributed by atoms with E-state index in [9.17, 15) is 4.79 Å². The Morgan fingerprint density at radius 1 is 1.43 bits per heavy atom. The van der Waals surface area contributed by atoms with Gasteiger partial charge in [-0.2, -0.15) is 0 Å². The van der Waals surface area contributed by atoms with Gasteiger partial charge in [0, 0.05) is 21.8 Å². The van der Waals surface area contributed by atoms with Crippen molar-refractivity contribution in [2.45, 2.75) is 12.8 Å². The van der Waals surface area contributed by atoms with Gasteiger partial charge in [-0.1, -0.05) is 0 Å². The van der Waals surface area contributed by atoms with Crippen LogP contribution < -0.4 is 10.6 Å². The van der Waals surface area contributed by atoms with Crippen molar-refractivity contribution in [2.24, 2.45) is 5.92 Å². The van der Waals surface area contributed by atoms with Crippen molar-refractivity contribution in [1.82, 2.24) is 10.3 Å². The lowest BCUT2D eigenvalue weighted by molar-refractivity contribution is -0.120. The molecule has 114 valence electrons. The summed E-state index contributed by atoms with van der Waals surface area (Å²) in [7, 11) is 0. The SMILES string of the molecule is Cl.O=C(Nc1nc(-c2cc(Br)cs2)cs1)C1CCCNC1. The number of hydrogen-bond acceptors (Lipinski definition) is 5. The van der Waals surface area contributed by atoms with Gasteiger partial charge in [-0.3, -0.25) is 4.79 Å². The molecule has 1 amide bonds. The van der Waals surface area contributed by atoms with Crippen LogP contribution in [0.4, 0.5) is 5.13 Å². The van der Waals surface area contributed by atoms with Crippen molar-refractivity contribution in [3.8, 4) is 10.6 Å². The van der Waals surface area contributed by atoms with Gasteiger partial charge in [0.15, 0.2) is 5.13 Å². The number of thiazole rings is 1. The average Bonchev–Trinajstić information content (AvgIpc) is 3.09. The maximum Gasteiger partial charge on any atom is 0.230 e. The fraction of sp³-hybridized carbons (Fsp3) is 0.385. The highest BCUT2D eigenvalue weighted by Crippen LogP contribution is 2.32. The molecule has 21 heavy (non-hydrogen) atoms. The highest BCUT2D eigenvalue weighted by Gasteiger charge is 2.21. The first kappa shape index (κ1) is 16.9. The number of rotatable bonds is 3. The van der Waals surface area contributed by atoms with Crippen LogP contribution in [0.3, 0.4) is 0 Å². The summed E-state index contributed by atoms with van der Waals surface area (Å²) >= 11 is 6.55. The van der Waals surface area contributed by atoms with Crippen LogP contribution in [0.2, 0.25) is 0 Å². The minimum atomic E-state index is 0. The summed E-state index contributed by atoms with van der Waals surface area (Å²) in [5.41, 5.74) is 0.919. The lowest BCUT2D eigenvalue weighted by Crippen LogP contribution is -2.37. The highest BCUT2D eigenvalue weighted by molar-refractivity contribution is 9.10. The van der Waals surface area contributed by atoms with E-state index in [-0.39, 0.29) is 24.2 Å². The predicted octanol–water partition coefficient (Wildman–Crippen LogP) is 3.99. The Bertz CT molecular complexity index is 610. The molecule has 2 N–H and O–H groups in total. The van der Waals surface area contributed by atoms with E-state index in [1.165, 1.54) is 11.3 Å². The van der Waals surface area contributed by atoms with Crippen LogP contribution in [-0.4, -0.2) is 24.0 Å². The van der Waals surface area contributed by atoms with Gasteiger partial charge in [0.05, 0.1) is 16.5 Å². The first-order chi connectivity index (χ1) is 9.72. The minimum absolute atomic E-state index is 0. The summed E-state index contributed by atoms with van der Waals surface area (Å²) in [5.74, 6) is 0.137. The van der Waals surface area contributed by atoms with Crippen LogP contribution in [0.15, 0.2) is 21.3 Å². The van der Waals surface area contributed by atoms with Crippen LogP contribution in [0.5, 0.6) is 0 Å². The molecule has 0 radical (unpaired) electrons. The topological polar surface area (TPSA) is 54.0 Å². The van der Waals surface area contributed by atoms with Crippen LogP contribution in [0.25, 0.3) is 10.6 Å². The molecule has 0 spiro atoms. The van der Waals surface area contributed by atoms with Crippen molar-refractivity contribution in [3.63, 3.8) is 0 Å². The first-order valence-corrected chi connectivity index (χ1v) is 8.99. The van der Waals surface area contributed by atoms with Gasteiger partial charge in [-0.15, -0.1) is 35.1 Å². The van der Waals surface area contributed by atoms with Crippen LogP contribution in [-0.2, 0) is 4.79 Å². The summed E-state index contributed by atoms with van der Waals surface area (Å²) < 4.78 is 1.06. The Kier molecular flexibility index (Phi) is 6.19. The van der Waals surface area contributed by atoms with Crippen molar-refractivity contribution >= 4 is 62.0 Å². The summed E-state index contributed by atoms with van der Waals surface area (Å²) in [6, 6.07) is 2.04. The zero-order chi connectivity index (χ0) is 13.9. The molecule has 4 nitrogen and oxygen atoms in total. The number of amides is 1. The van der Waals surface area contributed by atoms with Crippen LogP contribution >= 0.6 is 51.0 Å². The molecule has 1 saturated heterocycles. The minimum Gasteiger partial charge on any atom is -0.316 e. The van der Waals surface area contributed by atoms with Gasteiger partial charge in [-0.25, -0.2) is 4.98 Å². The third kappa shape index (κ3) is 4.26. The van der Waals surface area contributed by atoms with Crippen LogP contribution in [0, 0.1) is 5.92 Å². The van der Waals surface area contributed by atoms with Gasteiger partial charge in [0.2, 0.25) is 5.91 Å². The lowest BCUT2D eigenvalue weighted by Gasteiger charge is -2.21. The van der Waals surface area contributed by atoms with E-state index in [2.05, 4.69) is 31.5 Å². The molecule has 1 aliphatic heterocycles. The Hall–Kier alpha value is -0.470. The number of piperidine rings is 1. The molecule has 3 heterocycles. The molecule has 2 aromatic heterocycles. The standard InChI is InChI=1S/C13H14BrN3OS2.ClH/c14-9-4-11(19-6-9)10-7-20-13(16-10)17-12(18)8-2-1-3-15-5-8;/h4,6-8,15H,1-3,5H2,(H,16,17,18);1H. The van der Waals surface area contributed by atoms with E-state index in [0.29, 0.717) is 5.13 Å². The smallest absolute Gasteiger partial charge is 0.230 e. The summed E-state index contributed by atoms with van der Waals surface area (Å²) in [4.78, 5) is 17.7. The molecule has 2 aromatic rings. The van der Waals surface area contributed by atoms with Gasteiger partial charge < -0.3 is 10.6 Å². The number of nitrogens with zero attached hydrogens (tertiary/aromatic N) is 1. The maximum absolute atomic E-state index is 12.1. The second-order valence-corrected chi connectivity index (χ2v) is 7.38. The van der Waals surface area contributed by atoms with E-state index in [0.717, 1.165) is 41.0 Å². The van der Waals surface area contributed by atoms with Gasteiger partial charge in [0.25, 0.3) is 0 Å². The Labute approximate surface area is 145 Å². The second kappa shape index (κ2) is 7.69. The molecule has 3 rings (SSSR count). The zero-order valence-electron chi connectivity index (χ0n) is 11.1. The third-order valence-corrected chi connectivity index (χ3v) is 5.69. The summed E-state index contributed by atoms with van der Waals surface area (Å²) in [6.45, 7) is 1.78. The quantitative estimate of drug-likeness (QED) is 0.807. The molecule has 1 atom stereocenters. The third-order valence-electron chi connectivity index (χ3n) is 3.22. The number of halogens is 2. The van der Waals surface area contributed by atoms with Crippen molar-refractivity contribution < 1.29 is 4.79 Å². The Morgan fingerprint density at radius 3 is 2.95 bits per heavy atom. The monoisotopic (exact) mass is 407 g/mol. The van der Waals surface area contributed by atoms with E-state index < -0.39 is 0 Å². The number of carbonyl (C=O) groups excluding carboxylic acids is 1. The normalized spacial score (nSPS) is 18.0. The molecule has 0 aromatic carbocycles. The van der Waals surface area contributed by atoms with Crippen LogP contribution in [0.1, 0.15) is 12.8 Å². The number of anilines is 1. The highest BCUT2D eigenvalue weighted by atomic mass is 79.9. The molecule has 1 fully saturated rings. The molecule has 0 saturated carbocycles. The van der Waals surface area contributed by atoms with Gasteiger partial charge in [0.1, 0.15) is 0 Å². The summed E-state index contributed by atoms with van der Waals surface area (Å²) in [6.07, 6.45) is 2.01. The molecule has 8 heteroatoms. The van der Waals surface area contributed by atoms with Gasteiger partial charge >= 0.3 is 0 Å². The molecule has 0 bridgehead atoms. The van der Waals surface area contributed by atoms with Gasteiger partial charge in [-0.05, 0) is 41.4 Å². The number of aromatic nitrogens is 1. The molecular weight excluding hydrogens is 394 g/mol. The number of nitrogens with one attached hydrogen (secondary N) is 2. The van der Waals surface area contributed by atoms with E-state index >= 15 is 0 Å². The number of thiophene rings is 1. The van der Waals surface area contributed by atoms with Crippen molar-refractivity contribution in [1.29, 1.82) is 0 Å². The average molecular weight is 409 g/mol. The predicted molar refractivity (Wildman–Crippen MR) is 94.6 cm³/mol. The molecule has 0 aliphatic carbocycles. The fourth-order valence-corrected chi connectivity index (χ4v) is 4.35. The lowest BCUT2D eigenvalue weighted by atomic mass is 9.99. The van der Waals surface area contributed by atoms with E-state index in [1.54, 1.807) is 11.3 Å². The summed E-state index contributed by atoms with van der Waals surface area (Å²) in [5, 5.41) is 10.9. The maximum atomic E-state index is 12.1. The number of carbonyl (C=O) groups is 1. The molecular formula is C13H15BrClN3OS2. The fourth-order valence-electron chi connectivity index (χ4n) is 2.17. The van der Waals surface area contributed by atoms with Crippen molar-refractivity contribution in [3.05, 3.63) is 21.3 Å². The number of hydrogen-bond donors (Lipinski definition) is 2. The molecule has 1 unspecified atom stereocenters. The Morgan fingerprint density at radius 2 is 2.29 bits per heavy atom. The largest absolute Gasteiger partial charge is 0.316 e.